The zero-order chi connectivity index (χ0) is 17.5. The Morgan fingerprint density at radius 1 is 1.08 bits per heavy atom. The maximum atomic E-state index is 11.9. The Balaban J connectivity index is 1.35. The van der Waals surface area contributed by atoms with E-state index in [0.29, 0.717) is 17.3 Å². The molecule has 3 N–H and O–H groups in total. The topological polar surface area (TPSA) is 48.8 Å². The zero-order valence-electron chi connectivity index (χ0n) is 14.2. The Kier molecular flexibility index (Phi) is 6.14. The van der Waals surface area contributed by atoms with Crippen molar-refractivity contribution in [2.24, 2.45) is 0 Å². The van der Waals surface area contributed by atoms with Crippen LogP contribution in [-0.2, 0) is 0 Å². The number of carbonyl (C=O) groups is 1. The average molecular weight is 360 g/mol. The van der Waals surface area contributed by atoms with Gasteiger partial charge in [0.25, 0.3) is 0 Å². The van der Waals surface area contributed by atoms with Crippen LogP contribution < -0.4 is 20.4 Å². The smallest absolute Gasteiger partial charge is 0.319 e. The van der Waals surface area contributed by atoms with Crippen LogP contribution in [0, 0.1) is 0 Å². The number of hydrogen-bond donors (Lipinski definition) is 3. The highest BCUT2D eigenvalue weighted by atomic mass is 35.5. The van der Waals surface area contributed by atoms with E-state index in [2.05, 4.69) is 39.8 Å². The molecule has 0 spiro atoms. The summed E-state index contributed by atoms with van der Waals surface area (Å²) in [6, 6.07) is 17.5. The number of benzene rings is 2. The van der Waals surface area contributed by atoms with Gasteiger partial charge < -0.3 is 20.4 Å². The molecule has 3 rings (SSSR count). The lowest BCUT2D eigenvalue weighted by Crippen LogP contribution is -3.15. The summed E-state index contributed by atoms with van der Waals surface area (Å²) in [5.74, 6) is 0. The van der Waals surface area contributed by atoms with Crippen LogP contribution in [0.3, 0.4) is 0 Å². The summed E-state index contributed by atoms with van der Waals surface area (Å²) in [4.78, 5) is 15.9. The fourth-order valence-electron chi connectivity index (χ4n) is 3.06. The van der Waals surface area contributed by atoms with E-state index in [1.54, 1.807) is 12.1 Å². The van der Waals surface area contributed by atoms with E-state index in [-0.39, 0.29) is 6.03 Å². The van der Waals surface area contributed by atoms with Gasteiger partial charge in [0, 0.05) is 16.4 Å². The number of nitrogens with one attached hydrogen (secondary N) is 3. The summed E-state index contributed by atoms with van der Waals surface area (Å²) in [6.07, 6.45) is 0. The minimum Gasteiger partial charge on any atom is -0.360 e. The molecular formula is C19H24ClN4O+. The summed E-state index contributed by atoms with van der Waals surface area (Å²) in [5.41, 5.74) is 1.99. The fraction of sp³-hybridized carbons (Fsp3) is 0.316. The van der Waals surface area contributed by atoms with E-state index in [0.717, 1.165) is 32.7 Å². The number of rotatable bonds is 5. The van der Waals surface area contributed by atoms with Crippen LogP contribution in [0.5, 0.6) is 0 Å². The molecule has 0 saturated carbocycles. The van der Waals surface area contributed by atoms with Crippen molar-refractivity contribution in [3.8, 4) is 0 Å². The van der Waals surface area contributed by atoms with Crippen molar-refractivity contribution >= 4 is 29.0 Å². The summed E-state index contributed by atoms with van der Waals surface area (Å²) in [7, 11) is 0. The van der Waals surface area contributed by atoms with Gasteiger partial charge in [-0.2, -0.15) is 0 Å². The number of nitrogens with zero attached hydrogens (tertiary/aromatic N) is 1. The van der Waals surface area contributed by atoms with Crippen LogP contribution in [0.25, 0.3) is 0 Å². The van der Waals surface area contributed by atoms with Crippen LogP contribution in [0.2, 0.25) is 5.02 Å². The summed E-state index contributed by atoms with van der Waals surface area (Å²) >= 11 is 5.91. The third-order valence-corrected chi connectivity index (χ3v) is 4.67. The van der Waals surface area contributed by atoms with Gasteiger partial charge in [-0.25, -0.2) is 4.79 Å². The lowest BCUT2D eigenvalue weighted by Gasteiger charge is -2.33. The molecule has 0 atom stereocenters. The number of hydrogen-bond acceptors (Lipinski definition) is 2. The molecule has 2 aromatic rings. The highest BCUT2D eigenvalue weighted by molar-refractivity contribution is 6.30. The highest BCUT2D eigenvalue weighted by Crippen LogP contribution is 2.14. The van der Waals surface area contributed by atoms with E-state index in [4.69, 9.17) is 11.6 Å². The van der Waals surface area contributed by atoms with Gasteiger partial charge in [0.2, 0.25) is 0 Å². The van der Waals surface area contributed by atoms with Crippen molar-refractivity contribution < 1.29 is 9.69 Å². The number of para-hydroxylation sites is 1. The van der Waals surface area contributed by atoms with Crippen molar-refractivity contribution in [1.29, 1.82) is 0 Å². The van der Waals surface area contributed by atoms with Crippen molar-refractivity contribution in [2.45, 2.75) is 0 Å². The average Bonchev–Trinajstić information content (AvgIpc) is 2.63. The van der Waals surface area contributed by atoms with E-state index < -0.39 is 0 Å². The number of carbonyl (C=O) groups excluding carboxylic acids is 1. The first-order valence-corrected chi connectivity index (χ1v) is 9.02. The first-order chi connectivity index (χ1) is 12.2. The predicted molar refractivity (Wildman–Crippen MR) is 103 cm³/mol. The predicted octanol–water partition coefficient (Wildman–Crippen LogP) is 1.87. The number of anilines is 2. The molecule has 1 fully saturated rings. The fourth-order valence-corrected chi connectivity index (χ4v) is 3.25. The third kappa shape index (κ3) is 5.37. The highest BCUT2D eigenvalue weighted by Gasteiger charge is 2.19. The molecule has 0 unspecified atom stereocenters. The molecule has 0 aromatic heterocycles. The van der Waals surface area contributed by atoms with Crippen molar-refractivity contribution in [1.82, 2.24) is 5.32 Å². The Hall–Kier alpha value is -2.24. The van der Waals surface area contributed by atoms with E-state index in [1.165, 1.54) is 10.6 Å². The third-order valence-electron chi connectivity index (χ3n) is 4.44. The van der Waals surface area contributed by atoms with Crippen molar-refractivity contribution in [2.75, 3.05) is 49.5 Å². The number of piperazine rings is 1. The van der Waals surface area contributed by atoms with E-state index in [9.17, 15) is 4.79 Å². The molecule has 1 aliphatic heterocycles. The number of amides is 2. The minimum atomic E-state index is -0.190. The van der Waals surface area contributed by atoms with Gasteiger partial charge in [-0.15, -0.1) is 0 Å². The largest absolute Gasteiger partial charge is 0.360 e. The first kappa shape index (κ1) is 17.6. The second-order valence-corrected chi connectivity index (χ2v) is 6.65. The molecule has 6 heteroatoms. The second kappa shape index (κ2) is 8.74. The second-order valence-electron chi connectivity index (χ2n) is 6.21. The standard InChI is InChI=1S/C19H23ClN4O/c20-16-5-4-6-17(15-16)22-19(25)21-9-10-23-11-13-24(14-12-23)18-7-2-1-3-8-18/h1-8,15H,9-14H2,(H2,21,22,25)/p+1. The normalized spacial score (nSPS) is 15.0. The Labute approximate surface area is 153 Å². The van der Waals surface area contributed by atoms with E-state index in [1.807, 2.05) is 18.2 Å². The maximum absolute atomic E-state index is 11.9. The van der Waals surface area contributed by atoms with Crippen LogP contribution in [0.15, 0.2) is 54.6 Å². The molecule has 1 saturated heterocycles. The van der Waals surface area contributed by atoms with Gasteiger partial charge in [-0.05, 0) is 30.3 Å². The van der Waals surface area contributed by atoms with Gasteiger partial charge in [0.05, 0.1) is 39.3 Å². The molecular weight excluding hydrogens is 336 g/mol. The molecule has 1 aliphatic rings. The zero-order valence-corrected chi connectivity index (χ0v) is 14.9. The lowest BCUT2D eigenvalue weighted by atomic mass is 10.2. The Morgan fingerprint density at radius 2 is 1.84 bits per heavy atom. The molecule has 2 amide bonds. The molecule has 5 nitrogen and oxygen atoms in total. The van der Waals surface area contributed by atoms with Crippen LogP contribution >= 0.6 is 11.6 Å². The summed E-state index contributed by atoms with van der Waals surface area (Å²) < 4.78 is 0. The number of urea groups is 1. The van der Waals surface area contributed by atoms with Crippen LogP contribution in [0.1, 0.15) is 0 Å². The maximum Gasteiger partial charge on any atom is 0.319 e. The molecule has 0 radical (unpaired) electrons. The summed E-state index contributed by atoms with van der Waals surface area (Å²) in [6.45, 7) is 5.87. The van der Waals surface area contributed by atoms with E-state index >= 15 is 0 Å². The molecule has 0 bridgehead atoms. The molecule has 1 heterocycles. The van der Waals surface area contributed by atoms with Crippen LogP contribution in [-0.4, -0.2) is 45.3 Å². The molecule has 2 aromatic carbocycles. The van der Waals surface area contributed by atoms with Gasteiger partial charge in [0.1, 0.15) is 0 Å². The Bertz CT molecular complexity index is 687. The van der Waals surface area contributed by atoms with Crippen LogP contribution in [0.4, 0.5) is 16.2 Å². The number of quaternary nitrogens is 1. The number of halogens is 1. The Morgan fingerprint density at radius 3 is 2.56 bits per heavy atom. The lowest BCUT2D eigenvalue weighted by molar-refractivity contribution is -0.899. The monoisotopic (exact) mass is 359 g/mol. The minimum absolute atomic E-state index is 0.190. The quantitative estimate of drug-likeness (QED) is 0.763. The van der Waals surface area contributed by atoms with Gasteiger partial charge in [-0.1, -0.05) is 35.9 Å². The summed E-state index contributed by atoms with van der Waals surface area (Å²) in [5, 5.41) is 6.32. The first-order valence-electron chi connectivity index (χ1n) is 8.65. The SMILES string of the molecule is O=C(NCC[NH+]1CCN(c2ccccc2)CC1)Nc1cccc(Cl)c1. The molecule has 0 aliphatic carbocycles. The van der Waals surface area contributed by atoms with Gasteiger partial charge in [-0.3, -0.25) is 0 Å². The van der Waals surface area contributed by atoms with Crippen molar-refractivity contribution in [3.63, 3.8) is 0 Å². The van der Waals surface area contributed by atoms with Gasteiger partial charge in [0.15, 0.2) is 0 Å². The molecule has 25 heavy (non-hydrogen) atoms. The molecule has 132 valence electrons. The van der Waals surface area contributed by atoms with Crippen molar-refractivity contribution in [3.05, 3.63) is 59.6 Å². The van der Waals surface area contributed by atoms with Gasteiger partial charge >= 0.3 is 6.03 Å².